The Labute approximate surface area is 158 Å². The Bertz CT molecular complexity index is 879. The van der Waals surface area contributed by atoms with Crippen molar-refractivity contribution < 1.29 is 17.9 Å². The minimum atomic E-state index is -2.93. The Balaban J connectivity index is 1.65. The van der Waals surface area contributed by atoms with Gasteiger partial charge in [-0.2, -0.15) is 0 Å². The van der Waals surface area contributed by atoms with Crippen molar-refractivity contribution >= 4 is 27.5 Å². The van der Waals surface area contributed by atoms with E-state index in [-0.39, 0.29) is 22.7 Å². The molecular formula is C19H21NO4S2. The van der Waals surface area contributed by atoms with Crippen molar-refractivity contribution in [2.24, 2.45) is 0 Å². The maximum absolute atomic E-state index is 12.6. The highest BCUT2D eigenvalue weighted by Crippen LogP contribution is 2.33. The predicted octanol–water partition coefficient (Wildman–Crippen LogP) is 2.90. The molecule has 2 aromatic rings. The van der Waals surface area contributed by atoms with E-state index in [1.165, 1.54) is 11.8 Å². The highest BCUT2D eigenvalue weighted by Gasteiger charge is 2.29. The van der Waals surface area contributed by atoms with Gasteiger partial charge >= 0.3 is 0 Å². The summed E-state index contributed by atoms with van der Waals surface area (Å²) >= 11 is 1.48. The summed E-state index contributed by atoms with van der Waals surface area (Å²) in [6, 6.07) is 14.8. The van der Waals surface area contributed by atoms with Gasteiger partial charge in [-0.3, -0.25) is 4.79 Å². The summed E-state index contributed by atoms with van der Waals surface area (Å²) in [6.07, 6.45) is 0.634. The third-order valence-corrected chi connectivity index (χ3v) is 7.55. The molecule has 0 spiro atoms. The molecule has 0 radical (unpaired) electrons. The van der Waals surface area contributed by atoms with Gasteiger partial charge in [-0.15, -0.1) is 11.8 Å². The molecule has 0 aromatic heterocycles. The molecule has 0 saturated carbocycles. The van der Waals surface area contributed by atoms with Gasteiger partial charge in [-0.25, -0.2) is 8.42 Å². The molecule has 1 fully saturated rings. The van der Waals surface area contributed by atoms with Crippen LogP contribution in [0, 0.1) is 0 Å². The van der Waals surface area contributed by atoms with Crippen LogP contribution in [0.1, 0.15) is 22.3 Å². The first-order chi connectivity index (χ1) is 12.5. The molecule has 7 heteroatoms. The Morgan fingerprint density at radius 2 is 1.92 bits per heavy atom. The van der Waals surface area contributed by atoms with Crippen LogP contribution in [0.15, 0.2) is 53.4 Å². The second-order valence-corrected chi connectivity index (χ2v) is 9.74. The normalized spacial score (nSPS) is 18.4. The van der Waals surface area contributed by atoms with Crippen LogP contribution < -0.4 is 10.1 Å². The summed E-state index contributed by atoms with van der Waals surface area (Å²) in [7, 11) is -1.32. The molecule has 1 saturated heterocycles. The number of amides is 1. The minimum absolute atomic E-state index is 0.00976. The first-order valence-corrected chi connectivity index (χ1v) is 11.0. The number of sulfone groups is 1. The number of carbonyl (C=O) groups excluding carboxylic acids is 1. The summed E-state index contributed by atoms with van der Waals surface area (Å²) < 4.78 is 28.4. The average Bonchev–Trinajstić information content (AvgIpc) is 2.99. The van der Waals surface area contributed by atoms with Gasteiger partial charge < -0.3 is 10.1 Å². The zero-order chi connectivity index (χ0) is 18.6. The molecule has 0 bridgehead atoms. The first-order valence-electron chi connectivity index (χ1n) is 8.34. The third-order valence-electron chi connectivity index (χ3n) is 4.23. The number of thioether (sulfide) groups is 1. The van der Waals surface area contributed by atoms with Gasteiger partial charge in [0.25, 0.3) is 5.91 Å². The molecule has 1 aliphatic rings. The average molecular weight is 392 g/mol. The lowest BCUT2D eigenvalue weighted by Crippen LogP contribution is -2.23. The number of hydrogen-bond acceptors (Lipinski definition) is 5. The Morgan fingerprint density at radius 1 is 1.19 bits per heavy atom. The Hall–Kier alpha value is -1.99. The number of methoxy groups -OCH3 is 1. The monoisotopic (exact) mass is 391 g/mol. The van der Waals surface area contributed by atoms with Crippen LogP contribution in [-0.4, -0.2) is 38.2 Å². The highest BCUT2D eigenvalue weighted by atomic mass is 32.2. The third kappa shape index (κ3) is 4.80. The van der Waals surface area contributed by atoms with Gasteiger partial charge in [0.2, 0.25) is 0 Å². The zero-order valence-corrected chi connectivity index (χ0v) is 16.1. The summed E-state index contributed by atoms with van der Waals surface area (Å²) in [6.45, 7) is 0.416. The van der Waals surface area contributed by atoms with Crippen molar-refractivity contribution in [1.29, 1.82) is 0 Å². The number of benzene rings is 2. The lowest BCUT2D eigenvalue weighted by molar-refractivity contribution is 0.0948. The SMILES string of the molecule is COc1ccc(CNC(=O)c2ccccc2S[C@H]2CCS(=O)(=O)C2)cc1. The maximum atomic E-state index is 12.6. The van der Waals surface area contributed by atoms with E-state index in [1.54, 1.807) is 13.2 Å². The first kappa shape index (κ1) is 18.8. The molecule has 5 nitrogen and oxygen atoms in total. The van der Waals surface area contributed by atoms with Crippen LogP contribution in [0.5, 0.6) is 5.75 Å². The summed E-state index contributed by atoms with van der Waals surface area (Å²) in [5.74, 6) is 1.02. The smallest absolute Gasteiger partial charge is 0.252 e. The molecule has 138 valence electrons. The standard InChI is InChI=1S/C19H21NO4S2/c1-24-15-8-6-14(7-9-15)12-20-19(21)17-4-2-3-5-18(17)25-16-10-11-26(22,23)13-16/h2-9,16H,10-13H2,1H3,(H,20,21)/t16-/m0/s1. The number of rotatable bonds is 6. The van der Waals surface area contributed by atoms with Crippen LogP contribution in [-0.2, 0) is 16.4 Å². The van der Waals surface area contributed by atoms with Gasteiger partial charge in [0.1, 0.15) is 5.75 Å². The second-order valence-electron chi connectivity index (χ2n) is 6.17. The highest BCUT2D eigenvalue weighted by molar-refractivity contribution is 8.02. The molecule has 26 heavy (non-hydrogen) atoms. The van der Waals surface area contributed by atoms with E-state index in [1.807, 2.05) is 42.5 Å². The fourth-order valence-electron chi connectivity index (χ4n) is 2.81. The summed E-state index contributed by atoms with van der Waals surface area (Å²) in [5, 5.41) is 2.93. The molecule has 1 atom stereocenters. The van der Waals surface area contributed by atoms with Crippen LogP contribution in [0.2, 0.25) is 0 Å². The molecule has 1 N–H and O–H groups in total. The van der Waals surface area contributed by atoms with Crippen LogP contribution in [0.4, 0.5) is 0 Å². The van der Waals surface area contributed by atoms with Gasteiger partial charge in [-0.05, 0) is 36.2 Å². The van der Waals surface area contributed by atoms with Crippen molar-refractivity contribution in [3.63, 3.8) is 0 Å². The topological polar surface area (TPSA) is 72.5 Å². The van der Waals surface area contributed by atoms with E-state index in [0.717, 1.165) is 16.2 Å². The Morgan fingerprint density at radius 3 is 2.58 bits per heavy atom. The van der Waals surface area contributed by atoms with Gasteiger partial charge in [0.15, 0.2) is 9.84 Å². The van der Waals surface area contributed by atoms with Gasteiger partial charge in [-0.1, -0.05) is 24.3 Å². The molecule has 1 heterocycles. The quantitative estimate of drug-likeness (QED) is 0.820. The van der Waals surface area contributed by atoms with E-state index in [0.29, 0.717) is 18.5 Å². The fraction of sp³-hybridized carbons (Fsp3) is 0.316. The molecule has 0 aliphatic carbocycles. The van der Waals surface area contributed by atoms with E-state index in [9.17, 15) is 13.2 Å². The minimum Gasteiger partial charge on any atom is -0.497 e. The van der Waals surface area contributed by atoms with E-state index < -0.39 is 9.84 Å². The van der Waals surface area contributed by atoms with Crippen molar-refractivity contribution in [3.05, 3.63) is 59.7 Å². The molecule has 1 aliphatic heterocycles. The predicted molar refractivity (Wildman–Crippen MR) is 104 cm³/mol. The van der Waals surface area contributed by atoms with Gasteiger partial charge in [0.05, 0.1) is 24.2 Å². The largest absolute Gasteiger partial charge is 0.497 e. The van der Waals surface area contributed by atoms with Crippen molar-refractivity contribution in [2.45, 2.75) is 23.1 Å². The maximum Gasteiger partial charge on any atom is 0.252 e. The van der Waals surface area contributed by atoms with Crippen molar-refractivity contribution in [1.82, 2.24) is 5.32 Å². The van der Waals surface area contributed by atoms with Crippen LogP contribution >= 0.6 is 11.8 Å². The molecule has 0 unspecified atom stereocenters. The molecule has 3 rings (SSSR count). The zero-order valence-electron chi connectivity index (χ0n) is 14.5. The Kier molecular flexibility index (Phi) is 5.88. The number of hydrogen-bond donors (Lipinski definition) is 1. The number of ether oxygens (including phenoxy) is 1. The summed E-state index contributed by atoms with van der Waals surface area (Å²) in [5.41, 5.74) is 1.56. The number of carbonyl (C=O) groups is 1. The fourth-order valence-corrected chi connectivity index (χ4v) is 6.44. The second kappa shape index (κ2) is 8.14. The molecular weight excluding hydrogens is 370 g/mol. The van der Waals surface area contributed by atoms with E-state index >= 15 is 0 Å². The molecule has 1 amide bonds. The van der Waals surface area contributed by atoms with E-state index in [2.05, 4.69) is 5.32 Å². The lowest BCUT2D eigenvalue weighted by atomic mass is 10.2. The van der Waals surface area contributed by atoms with E-state index in [4.69, 9.17) is 4.74 Å². The molecule has 2 aromatic carbocycles. The lowest BCUT2D eigenvalue weighted by Gasteiger charge is -2.13. The summed E-state index contributed by atoms with van der Waals surface area (Å²) in [4.78, 5) is 13.4. The van der Waals surface area contributed by atoms with Crippen molar-refractivity contribution in [2.75, 3.05) is 18.6 Å². The van der Waals surface area contributed by atoms with Crippen molar-refractivity contribution in [3.8, 4) is 5.75 Å². The van der Waals surface area contributed by atoms with Gasteiger partial charge in [0, 0.05) is 16.7 Å². The van der Waals surface area contributed by atoms with Crippen LogP contribution in [0.3, 0.4) is 0 Å². The number of nitrogens with one attached hydrogen (secondary N) is 1. The van der Waals surface area contributed by atoms with Crippen LogP contribution in [0.25, 0.3) is 0 Å².